The molecule has 0 fully saturated rings. The molecule has 0 spiro atoms. The number of aromatic nitrogens is 1. The molecule has 1 aliphatic carbocycles. The predicted molar refractivity (Wildman–Crippen MR) is 116 cm³/mol. The van der Waals surface area contributed by atoms with Gasteiger partial charge in [-0.05, 0) is 43.0 Å². The minimum atomic E-state index is -0.488. The van der Waals surface area contributed by atoms with Gasteiger partial charge in [-0.25, -0.2) is 0 Å². The van der Waals surface area contributed by atoms with Gasteiger partial charge in [0, 0.05) is 51.4 Å². The standard InChI is InChI=1S/C24H25N3O2/c1-14-21(22-19(26-14)12-24(2,3)13-20(22)28)17-10-9-15(23(25)29)11-18(17)27-16-7-5-4-6-8-16/h4-11,26-27H,12-13H2,1-3H3,(H2,25,29). The summed E-state index contributed by atoms with van der Waals surface area (Å²) in [4.78, 5) is 28.2. The number of benzene rings is 2. The number of primary amides is 1. The smallest absolute Gasteiger partial charge is 0.248 e. The molecule has 0 aliphatic heterocycles. The van der Waals surface area contributed by atoms with Gasteiger partial charge in [0.2, 0.25) is 5.91 Å². The van der Waals surface area contributed by atoms with E-state index in [1.807, 2.05) is 43.3 Å². The van der Waals surface area contributed by atoms with Crippen molar-refractivity contribution < 1.29 is 9.59 Å². The number of para-hydroxylation sites is 1. The summed E-state index contributed by atoms with van der Waals surface area (Å²) in [5.74, 6) is -0.335. The van der Waals surface area contributed by atoms with Crippen LogP contribution in [0.5, 0.6) is 0 Å². The van der Waals surface area contributed by atoms with Crippen molar-refractivity contribution in [2.24, 2.45) is 11.1 Å². The van der Waals surface area contributed by atoms with Crippen molar-refractivity contribution in [1.82, 2.24) is 4.98 Å². The van der Waals surface area contributed by atoms with Gasteiger partial charge in [0.1, 0.15) is 0 Å². The Balaban J connectivity index is 1.89. The molecule has 0 saturated heterocycles. The zero-order valence-corrected chi connectivity index (χ0v) is 16.9. The van der Waals surface area contributed by atoms with Crippen molar-refractivity contribution in [2.75, 3.05) is 5.32 Å². The van der Waals surface area contributed by atoms with Gasteiger partial charge in [-0.2, -0.15) is 0 Å². The van der Waals surface area contributed by atoms with Gasteiger partial charge < -0.3 is 16.0 Å². The molecule has 29 heavy (non-hydrogen) atoms. The zero-order chi connectivity index (χ0) is 20.8. The number of fused-ring (bicyclic) bond motifs is 1. The average Bonchev–Trinajstić information content (AvgIpc) is 2.97. The van der Waals surface area contributed by atoms with Crippen LogP contribution in [0.25, 0.3) is 11.1 Å². The van der Waals surface area contributed by atoms with Gasteiger partial charge in [-0.3, -0.25) is 9.59 Å². The number of hydrogen-bond acceptors (Lipinski definition) is 3. The number of nitrogens with two attached hydrogens (primary N) is 1. The van der Waals surface area contributed by atoms with Gasteiger partial charge in [0.15, 0.2) is 5.78 Å². The van der Waals surface area contributed by atoms with Gasteiger partial charge in [-0.1, -0.05) is 38.1 Å². The first-order valence-corrected chi connectivity index (χ1v) is 9.76. The highest BCUT2D eigenvalue weighted by Gasteiger charge is 2.35. The SMILES string of the molecule is Cc1[nH]c2c(c1-c1ccc(C(N)=O)cc1Nc1ccccc1)C(=O)CC(C)(C)C2. The molecule has 148 valence electrons. The summed E-state index contributed by atoms with van der Waals surface area (Å²) < 4.78 is 0. The number of aromatic amines is 1. The molecule has 0 radical (unpaired) electrons. The van der Waals surface area contributed by atoms with Crippen LogP contribution in [0.3, 0.4) is 0 Å². The molecule has 4 rings (SSSR count). The van der Waals surface area contributed by atoms with Gasteiger partial charge in [0.05, 0.1) is 0 Å². The van der Waals surface area contributed by atoms with Crippen LogP contribution >= 0.6 is 0 Å². The first kappa shape index (κ1) is 19.0. The number of ketones is 1. The monoisotopic (exact) mass is 387 g/mol. The first-order chi connectivity index (χ1) is 13.7. The summed E-state index contributed by atoms with van der Waals surface area (Å²) in [6.07, 6.45) is 1.35. The third-order valence-electron chi connectivity index (χ3n) is 5.46. The Bertz CT molecular complexity index is 1110. The molecule has 0 unspecified atom stereocenters. The number of carbonyl (C=O) groups excluding carboxylic acids is 2. The lowest BCUT2D eigenvalue weighted by molar-refractivity contribution is 0.0911. The maximum absolute atomic E-state index is 13.0. The number of H-pyrrole nitrogens is 1. The van der Waals surface area contributed by atoms with E-state index >= 15 is 0 Å². The molecular formula is C24H25N3O2. The third-order valence-corrected chi connectivity index (χ3v) is 5.46. The lowest BCUT2D eigenvalue weighted by Gasteiger charge is -2.28. The summed E-state index contributed by atoms with van der Waals surface area (Å²) in [7, 11) is 0. The second kappa shape index (κ2) is 6.92. The van der Waals surface area contributed by atoms with Crippen molar-refractivity contribution in [2.45, 2.75) is 33.6 Å². The van der Waals surface area contributed by atoms with E-state index in [0.717, 1.165) is 45.9 Å². The summed E-state index contributed by atoms with van der Waals surface area (Å²) >= 11 is 0. The van der Waals surface area contributed by atoms with E-state index in [0.29, 0.717) is 12.0 Å². The summed E-state index contributed by atoms with van der Waals surface area (Å²) in [5, 5.41) is 3.39. The second-order valence-electron chi connectivity index (χ2n) is 8.54. The van der Waals surface area contributed by atoms with Crippen LogP contribution < -0.4 is 11.1 Å². The third kappa shape index (κ3) is 3.56. The topological polar surface area (TPSA) is 88.0 Å². The number of anilines is 2. The van der Waals surface area contributed by atoms with Crippen LogP contribution in [-0.2, 0) is 6.42 Å². The van der Waals surface area contributed by atoms with Crippen molar-refractivity contribution in [3.8, 4) is 11.1 Å². The number of rotatable bonds is 4. The number of carbonyl (C=O) groups is 2. The maximum Gasteiger partial charge on any atom is 0.248 e. The fourth-order valence-corrected chi connectivity index (χ4v) is 4.23. The van der Waals surface area contributed by atoms with E-state index in [2.05, 4.69) is 24.1 Å². The lowest BCUT2D eigenvalue weighted by Crippen LogP contribution is -2.26. The minimum Gasteiger partial charge on any atom is -0.366 e. The zero-order valence-electron chi connectivity index (χ0n) is 16.9. The molecule has 2 aromatic carbocycles. The molecule has 4 N–H and O–H groups in total. The molecule has 5 heteroatoms. The van der Waals surface area contributed by atoms with E-state index < -0.39 is 5.91 Å². The van der Waals surface area contributed by atoms with Crippen molar-refractivity contribution in [3.05, 3.63) is 71.0 Å². The predicted octanol–water partition coefficient (Wildman–Crippen LogP) is 4.99. The molecule has 1 heterocycles. The molecule has 1 amide bonds. The van der Waals surface area contributed by atoms with Crippen LogP contribution in [0.2, 0.25) is 0 Å². The molecule has 0 saturated carbocycles. The fourth-order valence-electron chi connectivity index (χ4n) is 4.23. The Kier molecular flexibility index (Phi) is 4.53. The summed E-state index contributed by atoms with van der Waals surface area (Å²) in [6.45, 7) is 6.23. The van der Waals surface area contributed by atoms with Crippen LogP contribution in [0, 0.1) is 12.3 Å². The highest BCUT2D eigenvalue weighted by Crippen LogP contribution is 2.43. The molecule has 0 bridgehead atoms. The number of hydrogen-bond donors (Lipinski definition) is 3. The Morgan fingerprint density at radius 2 is 1.79 bits per heavy atom. The minimum absolute atomic E-state index is 0.0560. The van der Waals surface area contributed by atoms with E-state index in [-0.39, 0.29) is 11.2 Å². The summed E-state index contributed by atoms with van der Waals surface area (Å²) in [5.41, 5.74) is 12.0. The number of nitrogens with one attached hydrogen (secondary N) is 2. The van der Waals surface area contributed by atoms with E-state index in [1.54, 1.807) is 12.1 Å². The van der Waals surface area contributed by atoms with E-state index in [4.69, 9.17) is 5.73 Å². The average molecular weight is 387 g/mol. The molecule has 0 atom stereocenters. The molecular weight excluding hydrogens is 362 g/mol. The summed E-state index contributed by atoms with van der Waals surface area (Å²) in [6, 6.07) is 15.1. The molecule has 1 aliphatic rings. The molecule has 3 aromatic rings. The highest BCUT2D eigenvalue weighted by atomic mass is 16.1. The second-order valence-corrected chi connectivity index (χ2v) is 8.54. The quantitative estimate of drug-likeness (QED) is 0.589. The molecule has 1 aromatic heterocycles. The van der Waals surface area contributed by atoms with Crippen molar-refractivity contribution in [1.29, 1.82) is 0 Å². The fraction of sp³-hybridized carbons (Fsp3) is 0.250. The number of amides is 1. The van der Waals surface area contributed by atoms with Crippen LogP contribution in [0.1, 0.15) is 52.4 Å². The number of aryl methyl sites for hydroxylation is 1. The van der Waals surface area contributed by atoms with Gasteiger partial charge >= 0.3 is 0 Å². The Hall–Kier alpha value is -3.34. The normalized spacial score (nSPS) is 15.1. The van der Waals surface area contributed by atoms with Gasteiger partial charge in [-0.15, -0.1) is 0 Å². The number of Topliss-reactive ketones (excluding diaryl/α,β-unsaturated/α-hetero) is 1. The van der Waals surface area contributed by atoms with E-state index in [1.165, 1.54) is 0 Å². The van der Waals surface area contributed by atoms with Crippen LogP contribution in [0.4, 0.5) is 11.4 Å². The lowest BCUT2D eigenvalue weighted by atomic mass is 9.75. The van der Waals surface area contributed by atoms with Crippen LogP contribution in [0.15, 0.2) is 48.5 Å². The Morgan fingerprint density at radius 1 is 1.07 bits per heavy atom. The van der Waals surface area contributed by atoms with Crippen molar-refractivity contribution >= 4 is 23.1 Å². The largest absolute Gasteiger partial charge is 0.366 e. The van der Waals surface area contributed by atoms with Crippen molar-refractivity contribution in [3.63, 3.8) is 0 Å². The first-order valence-electron chi connectivity index (χ1n) is 9.76. The molecule has 5 nitrogen and oxygen atoms in total. The van der Waals surface area contributed by atoms with Crippen LogP contribution in [-0.4, -0.2) is 16.7 Å². The van der Waals surface area contributed by atoms with Gasteiger partial charge in [0.25, 0.3) is 0 Å². The Morgan fingerprint density at radius 3 is 2.48 bits per heavy atom. The highest BCUT2D eigenvalue weighted by molar-refractivity contribution is 6.07. The Labute approximate surface area is 170 Å². The maximum atomic E-state index is 13.0. The van der Waals surface area contributed by atoms with E-state index in [9.17, 15) is 9.59 Å².